The van der Waals surface area contributed by atoms with Crippen molar-refractivity contribution >= 4 is 11.6 Å². The minimum absolute atomic E-state index is 0.413. The van der Waals surface area contributed by atoms with Gasteiger partial charge in [-0.2, -0.15) is 0 Å². The molecule has 0 amide bonds. The number of rotatable bonds is 10. The van der Waals surface area contributed by atoms with Crippen molar-refractivity contribution in [3.8, 4) is 0 Å². The van der Waals surface area contributed by atoms with Crippen LogP contribution in [0.3, 0.4) is 0 Å². The van der Waals surface area contributed by atoms with Crippen molar-refractivity contribution in [2.45, 2.75) is 117 Å². The van der Waals surface area contributed by atoms with E-state index in [0.29, 0.717) is 29.3 Å². The second kappa shape index (κ2) is 13.5. The van der Waals surface area contributed by atoms with E-state index in [1.165, 1.54) is 64.2 Å². The molecule has 2 aliphatic carbocycles. The molecule has 3 unspecified atom stereocenters. The lowest BCUT2D eigenvalue weighted by atomic mass is 9.92. The molecule has 2 rings (SSSR count). The van der Waals surface area contributed by atoms with Gasteiger partial charge in [0.05, 0.1) is 0 Å². The van der Waals surface area contributed by atoms with Crippen LogP contribution in [0.2, 0.25) is 0 Å². The average Bonchev–Trinajstić information content (AvgIpc) is 3.15. The Morgan fingerprint density at radius 2 is 1.40 bits per heavy atom. The second-order valence-corrected chi connectivity index (χ2v) is 8.34. The highest BCUT2D eigenvalue weighted by atomic mass is 16.1. The van der Waals surface area contributed by atoms with Crippen molar-refractivity contribution in [3.63, 3.8) is 0 Å². The van der Waals surface area contributed by atoms with Gasteiger partial charge in [-0.1, -0.05) is 72.1 Å². The molecule has 25 heavy (non-hydrogen) atoms. The molecule has 0 N–H and O–H groups in total. The predicted octanol–water partition coefficient (Wildman–Crippen LogP) is 6.90. The zero-order valence-corrected chi connectivity index (χ0v) is 17.2. The molecule has 0 aromatic heterocycles. The third-order valence-electron chi connectivity index (χ3n) is 6.15. The first-order valence-electron chi connectivity index (χ1n) is 11.2. The molecule has 0 saturated heterocycles. The molecule has 2 fully saturated rings. The van der Waals surface area contributed by atoms with Crippen molar-refractivity contribution in [2.24, 2.45) is 17.8 Å². The van der Waals surface area contributed by atoms with Gasteiger partial charge in [0.25, 0.3) is 0 Å². The van der Waals surface area contributed by atoms with Crippen LogP contribution in [0.1, 0.15) is 117 Å². The van der Waals surface area contributed by atoms with Crippen LogP contribution in [-0.4, -0.2) is 11.6 Å². The van der Waals surface area contributed by atoms with E-state index in [9.17, 15) is 9.59 Å². The Bertz CT molecular complexity index is 374. The van der Waals surface area contributed by atoms with Crippen LogP contribution >= 0.6 is 0 Å². The SMILES string of the molecule is CCCCCC1C(=O)CCC1C.CCCCCCCC1CCCC1=O. The first-order chi connectivity index (χ1) is 12.1. The third kappa shape index (κ3) is 9.01. The zero-order chi connectivity index (χ0) is 18.5. The molecule has 2 nitrogen and oxygen atoms in total. The number of carbonyl (C=O) groups excluding carboxylic acids is 2. The monoisotopic (exact) mass is 350 g/mol. The highest BCUT2D eigenvalue weighted by Gasteiger charge is 2.30. The summed E-state index contributed by atoms with van der Waals surface area (Å²) in [4.78, 5) is 22.7. The number of unbranched alkanes of at least 4 members (excludes halogenated alkanes) is 6. The molecule has 3 atom stereocenters. The first kappa shape index (κ1) is 22.4. The number of ketones is 2. The molecule has 2 saturated carbocycles. The van der Waals surface area contributed by atoms with Crippen molar-refractivity contribution in [2.75, 3.05) is 0 Å². The first-order valence-corrected chi connectivity index (χ1v) is 11.2. The Morgan fingerprint density at radius 3 is 1.96 bits per heavy atom. The Kier molecular flexibility index (Phi) is 12.1. The summed E-state index contributed by atoms with van der Waals surface area (Å²) in [7, 11) is 0. The quantitative estimate of drug-likeness (QED) is 0.402. The zero-order valence-electron chi connectivity index (χ0n) is 17.2. The fraction of sp³-hybridized carbons (Fsp3) is 0.913. The molecule has 0 bridgehead atoms. The summed E-state index contributed by atoms with van der Waals surface area (Å²) in [5, 5.41) is 0. The second-order valence-electron chi connectivity index (χ2n) is 8.34. The van der Waals surface area contributed by atoms with Crippen LogP contribution in [0.5, 0.6) is 0 Å². The number of carbonyl (C=O) groups is 2. The smallest absolute Gasteiger partial charge is 0.136 e. The van der Waals surface area contributed by atoms with E-state index in [-0.39, 0.29) is 0 Å². The van der Waals surface area contributed by atoms with Gasteiger partial charge >= 0.3 is 0 Å². The van der Waals surface area contributed by atoms with Gasteiger partial charge in [0.1, 0.15) is 11.6 Å². The summed E-state index contributed by atoms with van der Waals surface area (Å²) in [5.74, 6) is 2.58. The maximum atomic E-state index is 11.4. The van der Waals surface area contributed by atoms with E-state index in [1.54, 1.807) is 0 Å². The van der Waals surface area contributed by atoms with E-state index >= 15 is 0 Å². The maximum Gasteiger partial charge on any atom is 0.136 e. The van der Waals surface area contributed by atoms with E-state index in [4.69, 9.17) is 0 Å². The van der Waals surface area contributed by atoms with Crippen LogP contribution in [0.4, 0.5) is 0 Å². The number of hydrogen-bond acceptors (Lipinski definition) is 2. The fourth-order valence-corrected chi connectivity index (χ4v) is 4.32. The Labute approximate surface area is 156 Å². The van der Waals surface area contributed by atoms with Gasteiger partial charge in [-0.05, 0) is 38.0 Å². The molecule has 0 radical (unpaired) electrons. The van der Waals surface area contributed by atoms with E-state index < -0.39 is 0 Å². The van der Waals surface area contributed by atoms with Crippen LogP contribution in [-0.2, 0) is 9.59 Å². The molecule has 0 aromatic rings. The molecular weight excluding hydrogens is 308 g/mol. The van der Waals surface area contributed by atoms with Gasteiger partial charge in [-0.3, -0.25) is 9.59 Å². The summed E-state index contributed by atoms with van der Waals surface area (Å²) in [6.07, 6.45) is 17.9. The van der Waals surface area contributed by atoms with Crippen molar-refractivity contribution in [3.05, 3.63) is 0 Å². The van der Waals surface area contributed by atoms with Crippen molar-refractivity contribution < 1.29 is 9.59 Å². The van der Waals surface area contributed by atoms with E-state index in [1.807, 2.05) is 0 Å². The minimum atomic E-state index is 0.413. The summed E-state index contributed by atoms with van der Waals surface area (Å²) in [5.41, 5.74) is 0. The molecule has 2 aliphatic rings. The Morgan fingerprint density at radius 1 is 0.760 bits per heavy atom. The highest BCUT2D eigenvalue weighted by molar-refractivity contribution is 5.83. The summed E-state index contributed by atoms with van der Waals surface area (Å²) < 4.78 is 0. The normalized spacial score (nSPS) is 26.0. The van der Waals surface area contributed by atoms with E-state index in [0.717, 1.165) is 32.1 Å². The summed E-state index contributed by atoms with van der Waals surface area (Å²) >= 11 is 0. The van der Waals surface area contributed by atoms with Gasteiger partial charge in [0.2, 0.25) is 0 Å². The molecular formula is C23H42O2. The summed E-state index contributed by atoms with van der Waals surface area (Å²) in [6.45, 7) is 6.67. The molecule has 146 valence electrons. The van der Waals surface area contributed by atoms with Crippen LogP contribution in [0, 0.1) is 17.8 Å². The lowest BCUT2D eigenvalue weighted by Gasteiger charge is -2.12. The predicted molar refractivity (Wildman–Crippen MR) is 107 cm³/mol. The van der Waals surface area contributed by atoms with Crippen molar-refractivity contribution in [1.82, 2.24) is 0 Å². The molecule has 0 spiro atoms. The topological polar surface area (TPSA) is 34.1 Å². The minimum Gasteiger partial charge on any atom is -0.299 e. The molecule has 0 aromatic carbocycles. The number of hydrogen-bond donors (Lipinski definition) is 0. The van der Waals surface area contributed by atoms with Crippen LogP contribution in [0.25, 0.3) is 0 Å². The highest BCUT2D eigenvalue weighted by Crippen LogP contribution is 2.32. The van der Waals surface area contributed by atoms with Gasteiger partial charge in [0, 0.05) is 24.7 Å². The van der Waals surface area contributed by atoms with Gasteiger partial charge in [0.15, 0.2) is 0 Å². The van der Waals surface area contributed by atoms with Crippen LogP contribution < -0.4 is 0 Å². The lowest BCUT2D eigenvalue weighted by molar-refractivity contribution is -0.121. The van der Waals surface area contributed by atoms with E-state index in [2.05, 4.69) is 20.8 Å². The fourth-order valence-electron chi connectivity index (χ4n) is 4.32. The lowest BCUT2D eigenvalue weighted by Crippen LogP contribution is -2.12. The molecule has 0 heterocycles. The Hall–Kier alpha value is -0.660. The van der Waals surface area contributed by atoms with Gasteiger partial charge in [-0.25, -0.2) is 0 Å². The number of Topliss-reactive ketones (excluding diaryl/α,β-unsaturated/α-hetero) is 2. The average molecular weight is 351 g/mol. The largest absolute Gasteiger partial charge is 0.299 e. The summed E-state index contributed by atoms with van der Waals surface area (Å²) in [6, 6.07) is 0. The van der Waals surface area contributed by atoms with Gasteiger partial charge < -0.3 is 0 Å². The standard InChI is InChI=1S/C12H22O.C11H20O/c1-2-3-4-5-6-8-11-9-7-10-12(11)13;1-3-4-5-6-10-9(2)7-8-11(10)12/h11H,2-10H2,1H3;9-10H,3-8H2,1-2H3. The Balaban J connectivity index is 0.000000251. The molecule has 2 heteroatoms. The maximum absolute atomic E-state index is 11.4. The third-order valence-corrected chi connectivity index (χ3v) is 6.15. The van der Waals surface area contributed by atoms with Crippen LogP contribution in [0.15, 0.2) is 0 Å². The van der Waals surface area contributed by atoms with Gasteiger partial charge in [-0.15, -0.1) is 0 Å². The van der Waals surface area contributed by atoms with Crippen molar-refractivity contribution in [1.29, 1.82) is 0 Å². The molecule has 0 aliphatic heterocycles.